The van der Waals surface area contributed by atoms with E-state index in [0.29, 0.717) is 85.7 Å². The lowest BCUT2D eigenvalue weighted by Crippen LogP contribution is -2.57. The zero-order valence-corrected chi connectivity index (χ0v) is 35.1. The average molecular weight is 835 g/mol. The molecule has 0 spiro atoms. The van der Waals surface area contributed by atoms with Crippen molar-refractivity contribution >= 4 is 47.0 Å². The molecule has 0 heterocycles. The summed E-state index contributed by atoms with van der Waals surface area (Å²) >= 11 is 0. The second-order valence-electron chi connectivity index (χ2n) is 15.1. The molecule has 0 radical (unpaired) electrons. The molecule has 4 aromatic rings. The van der Waals surface area contributed by atoms with Crippen molar-refractivity contribution in [1.29, 1.82) is 0 Å². The van der Waals surface area contributed by atoms with Crippen molar-refractivity contribution in [1.82, 2.24) is 0 Å². The minimum absolute atomic E-state index is 0.0261. The minimum atomic E-state index is -2.86. The molecule has 0 fully saturated rings. The zero-order valence-electron chi connectivity index (χ0n) is 35.1. The molecule has 0 aliphatic heterocycles. The van der Waals surface area contributed by atoms with Crippen LogP contribution >= 0.6 is 0 Å². The summed E-state index contributed by atoms with van der Waals surface area (Å²) in [5.74, 6) is -3.35. The smallest absolute Gasteiger partial charge is 0.330 e. The number of anilines is 2. The molecule has 0 unspecified atom stereocenters. The van der Waals surface area contributed by atoms with E-state index in [9.17, 15) is 29.4 Å². The molecule has 324 valence electrons. The molecule has 0 bridgehead atoms. The number of carbonyl (C=O) groups excluding carboxylic acids is 4. The van der Waals surface area contributed by atoms with E-state index in [2.05, 4.69) is 9.47 Å². The van der Waals surface area contributed by atoms with E-state index in [1.165, 1.54) is 26.4 Å². The fourth-order valence-electron chi connectivity index (χ4n) is 6.91. The van der Waals surface area contributed by atoms with Crippen molar-refractivity contribution in [2.75, 3.05) is 38.9 Å². The molecule has 4 rings (SSSR count). The number of rotatable bonds is 26. The molecule has 0 aliphatic carbocycles. The molecule has 0 saturated carbocycles. The predicted octanol–water partition coefficient (Wildman–Crippen LogP) is 7.48. The second kappa shape index (κ2) is 24.1. The summed E-state index contributed by atoms with van der Waals surface area (Å²) in [6, 6.07) is 28.4. The van der Waals surface area contributed by atoms with Crippen LogP contribution in [0.4, 0.5) is 11.4 Å². The quantitative estimate of drug-likeness (QED) is 0.0160. The molecular formula is C49H58N2O10. The van der Waals surface area contributed by atoms with Crippen molar-refractivity contribution in [3.63, 3.8) is 0 Å². The van der Waals surface area contributed by atoms with Gasteiger partial charge in [0.2, 0.25) is 5.79 Å². The Morgan fingerprint density at radius 1 is 0.557 bits per heavy atom. The van der Waals surface area contributed by atoms with Gasteiger partial charge in [-0.2, -0.15) is 0 Å². The molecule has 0 aliphatic rings. The molecule has 0 amide bonds. The maximum absolute atomic E-state index is 14.0. The first-order valence-electron chi connectivity index (χ1n) is 20.5. The van der Waals surface area contributed by atoms with Crippen LogP contribution in [-0.2, 0) is 41.5 Å². The first-order valence-corrected chi connectivity index (χ1v) is 20.5. The second-order valence-corrected chi connectivity index (χ2v) is 15.1. The fraction of sp³-hybridized carbons (Fsp3) is 0.347. The third kappa shape index (κ3) is 15.7. The van der Waals surface area contributed by atoms with E-state index in [-0.39, 0.29) is 37.9 Å². The fourth-order valence-corrected chi connectivity index (χ4v) is 6.91. The normalized spacial score (nSPS) is 11.7. The van der Waals surface area contributed by atoms with Gasteiger partial charge in [-0.3, -0.25) is 9.59 Å². The highest BCUT2D eigenvalue weighted by molar-refractivity contribution is 5.89. The van der Waals surface area contributed by atoms with E-state index in [1.54, 1.807) is 72.8 Å². The standard InChI is InChI=1S/C49H58N2O10/c1-58-46(54)29-19-36-15-25-43(26-16-36)60-31-7-3-5-9-42(52)35-48(33-38-11-21-40(50)22-12-38,34-39-13-23-41(51)24-14-39)49(56,57)45(53)10-6-4-8-32-61-44-27-17-37(18-28-44)20-30-47(55)59-2/h11-30,56-57H,3-10,31-35,50-51H2,1-2H3. The number of aliphatic hydroxyl groups is 2. The maximum atomic E-state index is 14.0. The third-order valence-electron chi connectivity index (χ3n) is 10.4. The lowest BCUT2D eigenvalue weighted by Gasteiger charge is -2.43. The number of nitrogen functional groups attached to an aromatic ring is 2. The summed E-state index contributed by atoms with van der Waals surface area (Å²) < 4.78 is 20.9. The van der Waals surface area contributed by atoms with Gasteiger partial charge < -0.3 is 40.6 Å². The number of unbranched alkanes of at least 4 members (excludes halogenated alkanes) is 4. The first kappa shape index (κ1) is 47.4. The van der Waals surface area contributed by atoms with Crippen LogP contribution in [0.1, 0.15) is 80.0 Å². The Morgan fingerprint density at radius 2 is 0.967 bits per heavy atom. The van der Waals surface area contributed by atoms with E-state index >= 15 is 0 Å². The Kier molecular flexibility index (Phi) is 18.8. The highest BCUT2D eigenvalue weighted by Crippen LogP contribution is 2.43. The number of Topliss-reactive ketones (excluding diaryl/α,β-unsaturated/α-hetero) is 2. The summed E-state index contributed by atoms with van der Waals surface area (Å²) in [5, 5.41) is 24.1. The van der Waals surface area contributed by atoms with E-state index < -0.39 is 28.9 Å². The van der Waals surface area contributed by atoms with Gasteiger partial charge in [0, 0.05) is 48.2 Å². The van der Waals surface area contributed by atoms with Gasteiger partial charge in [0.05, 0.1) is 27.4 Å². The molecule has 0 atom stereocenters. The molecule has 4 aromatic carbocycles. The molecular weight excluding hydrogens is 777 g/mol. The average Bonchev–Trinajstić information content (AvgIpc) is 3.26. The van der Waals surface area contributed by atoms with Gasteiger partial charge in [-0.1, -0.05) is 48.5 Å². The number of carbonyl (C=O) groups is 4. The molecule has 12 heteroatoms. The van der Waals surface area contributed by atoms with Crippen LogP contribution in [0.25, 0.3) is 12.2 Å². The zero-order chi connectivity index (χ0) is 44.1. The Morgan fingerprint density at radius 3 is 1.38 bits per heavy atom. The lowest BCUT2D eigenvalue weighted by atomic mass is 9.65. The first-order chi connectivity index (χ1) is 29.3. The van der Waals surface area contributed by atoms with Gasteiger partial charge in [-0.05, 0) is 134 Å². The van der Waals surface area contributed by atoms with Crippen molar-refractivity contribution in [2.24, 2.45) is 5.41 Å². The Bertz CT molecular complexity index is 2010. The van der Waals surface area contributed by atoms with Crippen LogP contribution in [0, 0.1) is 5.41 Å². The van der Waals surface area contributed by atoms with Crippen LogP contribution in [0.2, 0.25) is 0 Å². The largest absolute Gasteiger partial charge is 0.494 e. The summed E-state index contributed by atoms with van der Waals surface area (Å²) in [7, 11) is 2.63. The number of hydrogen-bond donors (Lipinski definition) is 4. The van der Waals surface area contributed by atoms with Crippen LogP contribution in [0.15, 0.2) is 109 Å². The summed E-state index contributed by atoms with van der Waals surface area (Å²) in [4.78, 5) is 50.5. The van der Waals surface area contributed by atoms with Gasteiger partial charge in [0.25, 0.3) is 0 Å². The summed E-state index contributed by atoms with van der Waals surface area (Å²) in [6.07, 6.45) is 9.38. The van der Waals surface area contributed by atoms with Gasteiger partial charge in [-0.15, -0.1) is 0 Å². The molecule has 0 aromatic heterocycles. The SMILES string of the molecule is COC(=O)C=Cc1ccc(OCCCCCC(=O)CC(Cc2ccc(N)cc2)(Cc2ccc(N)cc2)C(O)(O)C(=O)CCCCCOc2ccc(C=CC(=O)OC)cc2)cc1. The van der Waals surface area contributed by atoms with Crippen molar-refractivity contribution < 1.29 is 48.3 Å². The van der Waals surface area contributed by atoms with E-state index in [4.69, 9.17) is 20.9 Å². The number of nitrogens with two attached hydrogens (primary N) is 2. The van der Waals surface area contributed by atoms with Gasteiger partial charge in [0.1, 0.15) is 17.3 Å². The Hall–Kier alpha value is -6.24. The highest BCUT2D eigenvalue weighted by Gasteiger charge is 2.54. The number of ketones is 2. The van der Waals surface area contributed by atoms with Crippen molar-refractivity contribution in [3.8, 4) is 11.5 Å². The van der Waals surface area contributed by atoms with Gasteiger partial charge >= 0.3 is 11.9 Å². The predicted molar refractivity (Wildman–Crippen MR) is 236 cm³/mol. The molecule has 61 heavy (non-hydrogen) atoms. The number of benzene rings is 4. The van der Waals surface area contributed by atoms with Gasteiger partial charge in [-0.25, -0.2) is 9.59 Å². The number of methoxy groups -OCH3 is 2. The van der Waals surface area contributed by atoms with E-state index in [0.717, 1.165) is 11.1 Å². The van der Waals surface area contributed by atoms with Crippen molar-refractivity contribution in [3.05, 3.63) is 131 Å². The third-order valence-corrected chi connectivity index (χ3v) is 10.4. The minimum Gasteiger partial charge on any atom is -0.494 e. The molecule has 6 N–H and O–H groups in total. The van der Waals surface area contributed by atoms with E-state index in [1.807, 2.05) is 36.4 Å². The van der Waals surface area contributed by atoms with Crippen molar-refractivity contribution in [2.45, 2.75) is 76.4 Å². The number of esters is 2. The number of hydrogen-bond acceptors (Lipinski definition) is 12. The maximum Gasteiger partial charge on any atom is 0.330 e. The van der Waals surface area contributed by atoms with Crippen LogP contribution < -0.4 is 20.9 Å². The molecule has 12 nitrogen and oxygen atoms in total. The summed E-state index contributed by atoms with van der Waals surface area (Å²) in [5.41, 5.74) is 14.4. The van der Waals surface area contributed by atoms with Crippen LogP contribution in [0.5, 0.6) is 11.5 Å². The highest BCUT2D eigenvalue weighted by atomic mass is 16.5. The van der Waals surface area contributed by atoms with Gasteiger partial charge in [0.15, 0.2) is 5.78 Å². The van der Waals surface area contributed by atoms with Crippen LogP contribution in [0.3, 0.4) is 0 Å². The monoisotopic (exact) mass is 834 g/mol. The summed E-state index contributed by atoms with van der Waals surface area (Å²) in [6.45, 7) is 0.823. The number of ether oxygens (including phenoxy) is 4. The topological polar surface area (TPSA) is 198 Å². The Labute approximate surface area is 358 Å². The lowest BCUT2D eigenvalue weighted by molar-refractivity contribution is -0.234. The molecule has 0 saturated heterocycles. The van der Waals surface area contributed by atoms with Crippen LogP contribution in [-0.4, -0.2) is 66.9 Å². The Balaban J connectivity index is 1.38.